The van der Waals surface area contributed by atoms with E-state index in [1.807, 2.05) is 13.0 Å². The number of aromatic hydroxyl groups is 1. The molecular weight excluding hydrogens is 270 g/mol. The van der Waals surface area contributed by atoms with Crippen molar-refractivity contribution in [2.24, 2.45) is 0 Å². The summed E-state index contributed by atoms with van der Waals surface area (Å²) in [7, 11) is 1.58. The second-order valence-corrected chi connectivity index (χ2v) is 4.99. The van der Waals surface area contributed by atoms with E-state index in [0.29, 0.717) is 11.7 Å². The van der Waals surface area contributed by atoms with Gasteiger partial charge in [-0.2, -0.15) is 0 Å². The van der Waals surface area contributed by atoms with E-state index in [9.17, 15) is 5.11 Å². The quantitative estimate of drug-likeness (QED) is 0.878. The zero-order valence-corrected chi connectivity index (χ0v) is 11.1. The Hall–Kier alpha value is -0.740. The lowest BCUT2D eigenvalue weighted by Gasteiger charge is -2.18. The highest BCUT2D eigenvalue weighted by atomic mass is 79.9. The van der Waals surface area contributed by atoms with E-state index in [1.165, 1.54) is 0 Å². The second kappa shape index (κ2) is 4.63. The van der Waals surface area contributed by atoms with Gasteiger partial charge in [0.05, 0.1) is 7.11 Å². The molecule has 1 aliphatic heterocycles. The largest absolute Gasteiger partial charge is 0.504 e. The van der Waals surface area contributed by atoms with Crippen LogP contribution in [0.2, 0.25) is 0 Å². The van der Waals surface area contributed by atoms with E-state index < -0.39 is 0 Å². The second-order valence-electron chi connectivity index (χ2n) is 4.14. The standard InChI is InChI=1S/C12H16BrNO2/c1-7-9(13)5-10(16-2)12(15)11(7)8-3-4-14-6-8/h5,8,14-15H,3-4,6H2,1-2H3. The molecule has 0 spiro atoms. The summed E-state index contributed by atoms with van der Waals surface area (Å²) in [6.45, 7) is 3.96. The number of phenolic OH excluding ortho intramolecular Hbond substituents is 1. The van der Waals surface area contributed by atoms with Gasteiger partial charge in [0.1, 0.15) is 0 Å². The molecule has 2 rings (SSSR count). The van der Waals surface area contributed by atoms with Gasteiger partial charge in [-0.05, 0) is 31.5 Å². The van der Waals surface area contributed by atoms with E-state index in [0.717, 1.165) is 35.1 Å². The number of ether oxygens (including phenoxy) is 1. The summed E-state index contributed by atoms with van der Waals surface area (Å²) in [5, 5.41) is 13.5. The Labute approximate surface area is 104 Å². The molecule has 0 aliphatic carbocycles. The van der Waals surface area contributed by atoms with Crippen LogP contribution in [0.15, 0.2) is 10.5 Å². The molecule has 1 aromatic rings. The van der Waals surface area contributed by atoms with Crippen molar-refractivity contribution in [3.63, 3.8) is 0 Å². The first-order valence-corrected chi connectivity index (χ1v) is 6.21. The molecule has 3 nitrogen and oxygen atoms in total. The maximum atomic E-state index is 10.2. The van der Waals surface area contributed by atoms with Gasteiger partial charge < -0.3 is 15.2 Å². The first-order valence-electron chi connectivity index (χ1n) is 5.41. The zero-order valence-electron chi connectivity index (χ0n) is 9.51. The molecule has 88 valence electrons. The molecule has 1 saturated heterocycles. The average Bonchev–Trinajstić information content (AvgIpc) is 2.77. The Morgan fingerprint density at radius 2 is 2.31 bits per heavy atom. The number of halogens is 1. The van der Waals surface area contributed by atoms with Crippen molar-refractivity contribution in [3.8, 4) is 11.5 Å². The van der Waals surface area contributed by atoms with Crippen LogP contribution in [0.3, 0.4) is 0 Å². The fourth-order valence-corrected chi connectivity index (χ4v) is 2.71. The molecule has 1 aromatic carbocycles. The van der Waals surface area contributed by atoms with Gasteiger partial charge >= 0.3 is 0 Å². The van der Waals surface area contributed by atoms with Crippen molar-refractivity contribution < 1.29 is 9.84 Å². The monoisotopic (exact) mass is 285 g/mol. The maximum absolute atomic E-state index is 10.2. The van der Waals surface area contributed by atoms with Gasteiger partial charge in [0.15, 0.2) is 11.5 Å². The van der Waals surface area contributed by atoms with Crippen LogP contribution in [0.5, 0.6) is 11.5 Å². The van der Waals surface area contributed by atoms with Crippen LogP contribution in [-0.4, -0.2) is 25.3 Å². The van der Waals surface area contributed by atoms with Crippen molar-refractivity contribution in [2.75, 3.05) is 20.2 Å². The van der Waals surface area contributed by atoms with Gasteiger partial charge in [0.2, 0.25) is 0 Å². The highest BCUT2D eigenvalue weighted by molar-refractivity contribution is 9.10. The van der Waals surface area contributed by atoms with Crippen LogP contribution in [0, 0.1) is 6.92 Å². The Kier molecular flexibility index (Phi) is 3.40. The van der Waals surface area contributed by atoms with Crippen molar-refractivity contribution >= 4 is 15.9 Å². The van der Waals surface area contributed by atoms with Gasteiger partial charge in [-0.1, -0.05) is 15.9 Å². The smallest absolute Gasteiger partial charge is 0.161 e. The molecule has 0 bridgehead atoms. The molecule has 0 radical (unpaired) electrons. The fourth-order valence-electron chi connectivity index (χ4n) is 2.29. The summed E-state index contributed by atoms with van der Waals surface area (Å²) in [5.41, 5.74) is 2.11. The minimum absolute atomic E-state index is 0.289. The Morgan fingerprint density at radius 3 is 2.88 bits per heavy atom. The molecular formula is C12H16BrNO2. The molecule has 1 atom stereocenters. The maximum Gasteiger partial charge on any atom is 0.161 e. The number of benzene rings is 1. The van der Waals surface area contributed by atoms with Crippen LogP contribution >= 0.6 is 15.9 Å². The summed E-state index contributed by atoms with van der Waals surface area (Å²) in [5.74, 6) is 1.21. The molecule has 1 aliphatic rings. The van der Waals surface area contributed by atoms with Crippen molar-refractivity contribution in [3.05, 3.63) is 21.7 Å². The predicted molar refractivity (Wildman–Crippen MR) is 67.3 cm³/mol. The van der Waals surface area contributed by atoms with Crippen LogP contribution in [0.25, 0.3) is 0 Å². The van der Waals surface area contributed by atoms with Crippen LogP contribution in [0.4, 0.5) is 0 Å². The van der Waals surface area contributed by atoms with Crippen molar-refractivity contribution in [1.29, 1.82) is 0 Å². The molecule has 1 fully saturated rings. The Balaban J connectivity index is 2.52. The van der Waals surface area contributed by atoms with Gasteiger partial charge in [0.25, 0.3) is 0 Å². The fraction of sp³-hybridized carbons (Fsp3) is 0.500. The molecule has 1 heterocycles. The highest BCUT2D eigenvalue weighted by Crippen LogP contribution is 2.42. The minimum atomic E-state index is 0.289. The number of methoxy groups -OCH3 is 1. The van der Waals surface area contributed by atoms with Crippen LogP contribution in [0.1, 0.15) is 23.5 Å². The van der Waals surface area contributed by atoms with Crippen LogP contribution in [-0.2, 0) is 0 Å². The molecule has 1 unspecified atom stereocenters. The van der Waals surface area contributed by atoms with Gasteiger partial charge in [0, 0.05) is 22.5 Å². The third-order valence-corrected chi connectivity index (χ3v) is 4.02. The number of rotatable bonds is 2. The van der Waals surface area contributed by atoms with Crippen molar-refractivity contribution in [1.82, 2.24) is 5.32 Å². The lowest BCUT2D eigenvalue weighted by atomic mass is 9.93. The number of nitrogens with one attached hydrogen (secondary N) is 1. The molecule has 0 saturated carbocycles. The molecule has 0 aromatic heterocycles. The SMILES string of the molecule is COc1cc(Br)c(C)c(C2CCNC2)c1O. The van der Waals surface area contributed by atoms with Crippen molar-refractivity contribution in [2.45, 2.75) is 19.3 Å². The average molecular weight is 286 g/mol. The Morgan fingerprint density at radius 1 is 1.56 bits per heavy atom. The molecule has 0 amide bonds. The van der Waals surface area contributed by atoms with E-state index in [-0.39, 0.29) is 5.75 Å². The van der Waals surface area contributed by atoms with Crippen LogP contribution < -0.4 is 10.1 Å². The lowest BCUT2D eigenvalue weighted by molar-refractivity contribution is 0.368. The number of phenols is 1. The lowest BCUT2D eigenvalue weighted by Crippen LogP contribution is -2.09. The molecule has 2 N–H and O–H groups in total. The van der Waals surface area contributed by atoms with E-state index >= 15 is 0 Å². The topological polar surface area (TPSA) is 41.5 Å². The van der Waals surface area contributed by atoms with Gasteiger partial charge in [-0.3, -0.25) is 0 Å². The normalized spacial score (nSPS) is 20.1. The van der Waals surface area contributed by atoms with E-state index in [4.69, 9.17) is 4.74 Å². The minimum Gasteiger partial charge on any atom is -0.504 e. The first-order chi connectivity index (χ1) is 7.65. The third-order valence-electron chi connectivity index (χ3n) is 3.20. The summed E-state index contributed by atoms with van der Waals surface area (Å²) >= 11 is 3.51. The summed E-state index contributed by atoms with van der Waals surface area (Å²) in [6.07, 6.45) is 1.06. The summed E-state index contributed by atoms with van der Waals surface area (Å²) < 4.78 is 6.17. The van der Waals surface area contributed by atoms with Gasteiger partial charge in [-0.15, -0.1) is 0 Å². The molecule has 4 heteroatoms. The van der Waals surface area contributed by atoms with Gasteiger partial charge in [-0.25, -0.2) is 0 Å². The summed E-state index contributed by atoms with van der Waals surface area (Å²) in [4.78, 5) is 0. The Bertz CT molecular complexity index is 400. The molecule has 16 heavy (non-hydrogen) atoms. The summed E-state index contributed by atoms with van der Waals surface area (Å²) in [6, 6.07) is 1.82. The zero-order chi connectivity index (χ0) is 11.7. The number of hydrogen-bond acceptors (Lipinski definition) is 3. The predicted octanol–water partition coefficient (Wildman–Crippen LogP) is 2.55. The van der Waals surface area contributed by atoms with E-state index in [2.05, 4.69) is 21.2 Å². The third kappa shape index (κ3) is 1.92. The number of hydrogen-bond donors (Lipinski definition) is 2. The highest BCUT2D eigenvalue weighted by Gasteiger charge is 2.24. The van der Waals surface area contributed by atoms with E-state index in [1.54, 1.807) is 7.11 Å². The first kappa shape index (κ1) is 11.7.